The van der Waals surface area contributed by atoms with E-state index in [4.69, 9.17) is 23.9 Å². The molecular formula is C58H63BrN14O10S. The standard InChI is InChI=1S/C33H38N8O5.C17H17N5O3S.C8H8BrNO2/c1-3-15-40-29(42)25-20-34-30(37-28(25)41(40)27-6-4-5-26(36-27)33(44)21-46-22-33)35-23-7-9-24(10-8-23)38-16-11-32(12-17-38)13-18-39(19-14-32)31(43)45-2;1-3-7-21-15(23)11-8-18-16(26-2)20-14(11)22(21)13-6-4-5-12(19-13)17(24)9-25-10-17;9-7-3-1-2-6(10-7)8(11)4-12-5-8/h3-10,20,44H,1,11-19,21-22H2,2H3,(H,34,35,37);3-6,8,24H,1,7,9-10H2,2H3;1-3,11H,4-5H2. The van der Waals surface area contributed by atoms with Crippen LogP contribution in [0.2, 0.25) is 0 Å². The Balaban J connectivity index is 0.000000161. The lowest BCUT2D eigenvalue weighted by atomic mass is 9.71. The van der Waals surface area contributed by atoms with Crippen LogP contribution in [-0.4, -0.2) is 159 Å². The molecular weight excluding hydrogens is 1160 g/mol. The zero-order valence-corrected chi connectivity index (χ0v) is 48.7. The fraction of sp³-hybridized carbons (Fsp3) is 0.379. The molecule has 5 aliphatic rings. The number of nitrogens with zero attached hydrogens (tertiary/aromatic N) is 13. The summed E-state index contributed by atoms with van der Waals surface area (Å²) in [7, 11) is 1.44. The second-order valence-corrected chi connectivity index (χ2v) is 22.9. The zero-order valence-electron chi connectivity index (χ0n) is 46.3. The van der Waals surface area contributed by atoms with Crippen LogP contribution in [0.4, 0.5) is 22.1 Å². The fourth-order valence-corrected chi connectivity index (χ4v) is 11.4. The molecule has 4 N–H and O–H groups in total. The van der Waals surface area contributed by atoms with Gasteiger partial charge in [-0.25, -0.2) is 53.4 Å². The highest BCUT2D eigenvalue weighted by molar-refractivity contribution is 9.10. The number of allylic oxidation sites excluding steroid dienone is 2. The molecule has 5 fully saturated rings. The Bertz CT molecular complexity index is 3860. The smallest absolute Gasteiger partial charge is 0.409 e. The SMILES string of the molecule is C=CCn1c(=O)c2cnc(Nc3ccc(N4CCC5(CCN(C(=O)OC)CC5)CC4)cc3)nc2n1-c1cccc(C2(O)COC2)n1.C=CCn1c(=O)c2cnc(SC)nc2n1-c1cccc(C2(O)COC2)n1.OC1(c2cccc(Br)n2)COC1. The van der Waals surface area contributed by atoms with Gasteiger partial charge in [-0.1, -0.05) is 42.1 Å². The molecule has 7 aromatic heterocycles. The van der Waals surface area contributed by atoms with Crippen LogP contribution in [0.5, 0.6) is 0 Å². The number of amides is 1. The number of hydrogen-bond donors (Lipinski definition) is 4. The summed E-state index contributed by atoms with van der Waals surface area (Å²) in [4.78, 5) is 73.5. The van der Waals surface area contributed by atoms with Crippen molar-refractivity contribution in [2.75, 3.05) is 89.4 Å². The normalized spacial score (nSPS) is 18.0. The van der Waals surface area contributed by atoms with Gasteiger partial charge in [-0.05, 0) is 114 Å². The van der Waals surface area contributed by atoms with E-state index in [1.807, 2.05) is 35.4 Å². The Morgan fingerprint density at radius 3 is 1.61 bits per heavy atom. The molecule has 26 heteroatoms. The molecule has 84 heavy (non-hydrogen) atoms. The van der Waals surface area contributed by atoms with Gasteiger partial charge in [0.2, 0.25) is 5.95 Å². The highest BCUT2D eigenvalue weighted by atomic mass is 79.9. The first kappa shape index (κ1) is 58.1. The topological polar surface area (TPSA) is 277 Å². The second-order valence-electron chi connectivity index (χ2n) is 21.3. The summed E-state index contributed by atoms with van der Waals surface area (Å²) in [5.74, 6) is 1.27. The molecule has 0 bridgehead atoms. The number of hydrogen-bond acceptors (Lipinski definition) is 20. The molecule has 13 rings (SSSR count). The maximum atomic E-state index is 13.3. The van der Waals surface area contributed by atoms with Gasteiger partial charge in [0.05, 0.1) is 76.9 Å². The van der Waals surface area contributed by atoms with Crippen molar-refractivity contribution in [1.82, 2.24) is 58.5 Å². The van der Waals surface area contributed by atoms with Crippen molar-refractivity contribution in [3.63, 3.8) is 0 Å². The van der Waals surface area contributed by atoms with E-state index < -0.39 is 16.8 Å². The van der Waals surface area contributed by atoms with E-state index >= 15 is 0 Å². The van der Waals surface area contributed by atoms with E-state index in [1.54, 1.807) is 64.0 Å². The van der Waals surface area contributed by atoms with Gasteiger partial charge in [0.15, 0.2) is 44.9 Å². The number of methoxy groups -OCH3 is 1. The number of fused-ring (bicyclic) bond motifs is 2. The van der Waals surface area contributed by atoms with E-state index in [0.717, 1.165) is 67.8 Å². The van der Waals surface area contributed by atoms with Crippen molar-refractivity contribution < 1.29 is 39.1 Å². The number of aliphatic hydroxyl groups is 3. The third-order valence-electron chi connectivity index (χ3n) is 15.8. The van der Waals surface area contributed by atoms with Crippen molar-refractivity contribution in [2.24, 2.45) is 5.41 Å². The third-order valence-corrected chi connectivity index (χ3v) is 16.8. The van der Waals surface area contributed by atoms with Crippen molar-refractivity contribution in [1.29, 1.82) is 0 Å². The van der Waals surface area contributed by atoms with Crippen LogP contribution in [0.1, 0.15) is 42.8 Å². The van der Waals surface area contributed by atoms with Crippen molar-refractivity contribution in [2.45, 2.75) is 60.7 Å². The summed E-state index contributed by atoms with van der Waals surface area (Å²) in [5, 5.41) is 35.7. The number of nitrogens with one attached hydrogen (secondary N) is 1. The van der Waals surface area contributed by atoms with E-state index in [0.29, 0.717) is 87.1 Å². The van der Waals surface area contributed by atoms with Crippen LogP contribution in [0.25, 0.3) is 33.7 Å². The van der Waals surface area contributed by atoms with Gasteiger partial charge in [0, 0.05) is 49.9 Å². The predicted molar refractivity (Wildman–Crippen MR) is 317 cm³/mol. The lowest BCUT2D eigenvalue weighted by molar-refractivity contribution is -0.187. The summed E-state index contributed by atoms with van der Waals surface area (Å²) >= 11 is 4.64. The van der Waals surface area contributed by atoms with E-state index in [1.165, 1.54) is 40.6 Å². The van der Waals surface area contributed by atoms with E-state index in [-0.39, 0.29) is 50.2 Å². The number of thioether (sulfide) groups is 1. The van der Waals surface area contributed by atoms with Crippen LogP contribution in [0.15, 0.2) is 136 Å². The minimum Gasteiger partial charge on any atom is -0.453 e. The van der Waals surface area contributed by atoms with Crippen LogP contribution in [0.3, 0.4) is 0 Å². The Morgan fingerprint density at radius 2 is 1.14 bits per heavy atom. The quantitative estimate of drug-likeness (QED) is 0.0464. The highest BCUT2D eigenvalue weighted by Gasteiger charge is 2.42. The molecule has 0 saturated carbocycles. The summed E-state index contributed by atoms with van der Waals surface area (Å²) in [6.07, 6.45) is 12.2. The minimum atomic E-state index is -1.16. The van der Waals surface area contributed by atoms with E-state index in [2.05, 4.69) is 81.3 Å². The van der Waals surface area contributed by atoms with E-state index in [9.17, 15) is 29.7 Å². The van der Waals surface area contributed by atoms with Gasteiger partial charge in [-0.2, -0.15) is 4.98 Å². The second kappa shape index (κ2) is 24.1. The number of carbonyl (C=O) groups excluding carboxylic acids is 1. The molecule has 5 aliphatic heterocycles. The minimum absolute atomic E-state index is 0.167. The third kappa shape index (κ3) is 11.5. The average Bonchev–Trinajstić information content (AvgIpc) is 3.26. The Labute approximate surface area is 494 Å². The summed E-state index contributed by atoms with van der Waals surface area (Å²) in [5.41, 5.74) is 1.18. The Hall–Kier alpha value is -7.69. The number of likely N-dealkylation sites (tertiary alicyclic amines) is 1. The predicted octanol–water partition coefficient (Wildman–Crippen LogP) is 5.74. The molecule has 438 valence electrons. The van der Waals surface area contributed by atoms with Crippen molar-refractivity contribution in [3.05, 3.63) is 159 Å². The number of anilines is 3. The summed E-state index contributed by atoms with van der Waals surface area (Å²) < 4.78 is 27.2. The molecule has 0 aliphatic carbocycles. The van der Waals surface area contributed by atoms with Gasteiger partial charge < -0.3 is 49.4 Å². The van der Waals surface area contributed by atoms with Gasteiger partial charge in [-0.15, -0.1) is 13.2 Å². The summed E-state index contributed by atoms with van der Waals surface area (Å²) in [6.45, 7) is 13.0. The van der Waals surface area contributed by atoms with Crippen LogP contribution < -0.4 is 21.3 Å². The highest BCUT2D eigenvalue weighted by Crippen LogP contribution is 2.42. The molecule has 12 heterocycles. The summed E-state index contributed by atoms with van der Waals surface area (Å²) in [6, 6.07) is 24.3. The van der Waals surface area contributed by atoms with Crippen LogP contribution >= 0.6 is 27.7 Å². The Morgan fingerprint density at radius 1 is 0.667 bits per heavy atom. The molecule has 1 spiro atoms. The molecule has 0 atom stereocenters. The first-order valence-corrected chi connectivity index (χ1v) is 29.3. The number of carbonyl (C=O) groups is 1. The van der Waals surface area contributed by atoms with Gasteiger partial charge in [0.1, 0.15) is 15.4 Å². The first-order valence-electron chi connectivity index (χ1n) is 27.3. The van der Waals surface area contributed by atoms with Crippen LogP contribution in [0, 0.1) is 5.41 Å². The molecule has 1 aromatic carbocycles. The van der Waals surface area contributed by atoms with Gasteiger partial charge >= 0.3 is 6.09 Å². The lowest BCUT2D eigenvalue weighted by Crippen LogP contribution is -2.48. The number of piperidine rings is 2. The maximum absolute atomic E-state index is 13.3. The molecule has 8 aromatic rings. The number of halogens is 1. The number of rotatable bonds is 13. The molecule has 1 amide bonds. The number of benzene rings is 1. The molecule has 0 radical (unpaired) electrons. The first-order chi connectivity index (χ1) is 40.6. The number of aromatic nitrogens is 11. The Kier molecular flexibility index (Phi) is 16.7. The molecule has 0 unspecified atom stereocenters. The maximum Gasteiger partial charge on any atom is 0.409 e. The number of pyridine rings is 3. The lowest BCUT2D eigenvalue weighted by Gasteiger charge is -2.47. The average molecular weight is 1230 g/mol. The van der Waals surface area contributed by atoms with Crippen molar-refractivity contribution >= 4 is 73.2 Å². The molecule has 24 nitrogen and oxygen atoms in total. The van der Waals surface area contributed by atoms with Crippen LogP contribution in [-0.2, 0) is 48.8 Å². The van der Waals surface area contributed by atoms with Gasteiger partial charge in [0.25, 0.3) is 11.1 Å². The monoisotopic (exact) mass is 1230 g/mol. The largest absolute Gasteiger partial charge is 0.453 e. The zero-order chi connectivity index (χ0) is 58.8. The molecule has 5 saturated heterocycles. The fourth-order valence-electron chi connectivity index (χ4n) is 10.8. The van der Waals surface area contributed by atoms with Gasteiger partial charge in [-0.3, -0.25) is 9.59 Å². The number of ether oxygens (including phenoxy) is 4. The van der Waals surface area contributed by atoms with Crippen molar-refractivity contribution in [3.8, 4) is 11.6 Å².